The van der Waals surface area contributed by atoms with Gasteiger partial charge in [0.25, 0.3) is 26.0 Å². The van der Waals surface area contributed by atoms with E-state index in [1.54, 1.807) is 39.1 Å². The second-order valence-corrected chi connectivity index (χ2v) is 13.6. The molecule has 1 aliphatic rings. The summed E-state index contributed by atoms with van der Waals surface area (Å²) < 4.78 is 64.3. The van der Waals surface area contributed by atoms with Crippen molar-refractivity contribution in [2.24, 2.45) is 13.0 Å². The third-order valence-electron chi connectivity index (χ3n) is 6.78. The van der Waals surface area contributed by atoms with E-state index < -0.39 is 44.0 Å². The number of aliphatic hydroxyl groups is 1. The molecule has 0 fully saturated rings. The third-order valence-corrected chi connectivity index (χ3v) is 9.87. The third kappa shape index (κ3) is 5.99. The zero-order valence-electron chi connectivity index (χ0n) is 22.6. The van der Waals surface area contributed by atoms with E-state index in [0.29, 0.717) is 0 Å². The van der Waals surface area contributed by atoms with Crippen molar-refractivity contribution < 1.29 is 31.5 Å². The molecule has 1 aliphatic heterocycles. The van der Waals surface area contributed by atoms with Crippen LogP contribution in [0.2, 0.25) is 0 Å². The quantitative estimate of drug-likeness (QED) is 0.382. The molecule has 2 N–H and O–H groups in total. The second-order valence-electron chi connectivity index (χ2n) is 9.89. The van der Waals surface area contributed by atoms with Crippen molar-refractivity contribution in [1.29, 1.82) is 0 Å². The Bertz CT molecular complexity index is 1580. The van der Waals surface area contributed by atoms with Crippen molar-refractivity contribution in [1.82, 2.24) is 18.8 Å². The van der Waals surface area contributed by atoms with E-state index in [-0.39, 0.29) is 46.6 Å². The number of imidazole rings is 1. The van der Waals surface area contributed by atoms with E-state index in [9.17, 15) is 26.7 Å². The molecule has 4 rings (SSSR count). The average molecular weight is 592 g/mol. The molecule has 0 bridgehead atoms. The van der Waals surface area contributed by atoms with Crippen LogP contribution >= 0.6 is 0 Å². The maximum Gasteiger partial charge on any atom is 0.262 e. The van der Waals surface area contributed by atoms with Gasteiger partial charge in [0.2, 0.25) is 0 Å². The summed E-state index contributed by atoms with van der Waals surface area (Å²) >= 11 is 0. The lowest BCUT2D eigenvalue weighted by molar-refractivity contribution is 0.0389. The number of hydrogen-bond acceptors (Lipinski definition) is 8. The first-order chi connectivity index (χ1) is 18.8. The van der Waals surface area contributed by atoms with E-state index >= 15 is 0 Å². The van der Waals surface area contributed by atoms with E-state index in [1.807, 2.05) is 0 Å². The van der Waals surface area contributed by atoms with Gasteiger partial charge in [0.1, 0.15) is 6.10 Å². The summed E-state index contributed by atoms with van der Waals surface area (Å²) in [5, 5.41) is 9.74. The molecule has 40 heavy (non-hydrogen) atoms. The summed E-state index contributed by atoms with van der Waals surface area (Å²) in [4.78, 5) is 19.1. The van der Waals surface area contributed by atoms with Crippen molar-refractivity contribution in [2.45, 2.75) is 35.9 Å². The Kier molecular flexibility index (Phi) is 8.54. The van der Waals surface area contributed by atoms with E-state index in [4.69, 9.17) is 4.74 Å². The highest BCUT2D eigenvalue weighted by molar-refractivity contribution is 7.92. The van der Waals surface area contributed by atoms with Gasteiger partial charge in [0.15, 0.2) is 10.8 Å². The first-order valence-corrected chi connectivity index (χ1v) is 15.5. The van der Waals surface area contributed by atoms with Crippen LogP contribution in [0.1, 0.15) is 24.2 Å². The first-order valence-electron chi connectivity index (χ1n) is 12.6. The molecule has 0 aliphatic carbocycles. The summed E-state index contributed by atoms with van der Waals surface area (Å²) in [6.07, 6.45) is 1.98. The Morgan fingerprint density at radius 1 is 1.15 bits per heavy atom. The molecule has 12 nitrogen and oxygen atoms in total. The predicted molar refractivity (Wildman–Crippen MR) is 148 cm³/mol. The van der Waals surface area contributed by atoms with Gasteiger partial charge in [-0.1, -0.05) is 31.2 Å². The summed E-state index contributed by atoms with van der Waals surface area (Å²) in [7, 11) is -4.95. The van der Waals surface area contributed by atoms with Crippen molar-refractivity contribution >= 4 is 31.6 Å². The molecule has 1 aromatic heterocycles. The van der Waals surface area contributed by atoms with E-state index in [2.05, 4.69) is 9.71 Å². The fourth-order valence-electron chi connectivity index (χ4n) is 4.38. The topological polar surface area (TPSA) is 151 Å². The van der Waals surface area contributed by atoms with Gasteiger partial charge in [0.05, 0.1) is 41.7 Å². The minimum atomic E-state index is -4.04. The zero-order chi connectivity index (χ0) is 29.2. The molecule has 3 atom stereocenters. The molecule has 0 saturated carbocycles. The molecule has 2 heterocycles. The van der Waals surface area contributed by atoms with Gasteiger partial charge < -0.3 is 19.3 Å². The number of aliphatic hydroxyl groups excluding tert-OH is 1. The van der Waals surface area contributed by atoms with Gasteiger partial charge in [-0.3, -0.25) is 9.52 Å². The molecular weight excluding hydrogens is 558 g/mol. The van der Waals surface area contributed by atoms with E-state index in [1.165, 1.54) is 59.4 Å². The second kappa shape index (κ2) is 11.6. The van der Waals surface area contributed by atoms with Crippen molar-refractivity contribution in [3.8, 4) is 5.75 Å². The number of aromatic nitrogens is 2. The van der Waals surface area contributed by atoms with Crippen molar-refractivity contribution in [3.05, 3.63) is 66.6 Å². The Labute approximate surface area is 234 Å². The van der Waals surface area contributed by atoms with Crippen LogP contribution in [-0.4, -0.2) is 85.5 Å². The number of carbonyl (C=O) groups is 1. The molecule has 0 radical (unpaired) electrons. The predicted octanol–water partition coefficient (Wildman–Crippen LogP) is 1.76. The zero-order valence-corrected chi connectivity index (χ0v) is 24.3. The van der Waals surface area contributed by atoms with Gasteiger partial charge in [-0.15, -0.1) is 0 Å². The highest BCUT2D eigenvalue weighted by Crippen LogP contribution is 2.36. The monoisotopic (exact) mass is 591 g/mol. The number of benzene rings is 2. The van der Waals surface area contributed by atoms with Crippen LogP contribution in [0.3, 0.4) is 0 Å². The number of para-hydroxylation sites is 1. The number of sulfonamides is 2. The number of likely N-dealkylation sites (N-methyl/N-ethyl adjacent to an activating group) is 1. The number of anilines is 1. The number of fused-ring (bicyclic) bond motifs is 1. The molecule has 14 heteroatoms. The van der Waals surface area contributed by atoms with Crippen LogP contribution in [0, 0.1) is 5.92 Å². The van der Waals surface area contributed by atoms with E-state index in [0.717, 1.165) is 4.31 Å². The van der Waals surface area contributed by atoms with Gasteiger partial charge in [-0.2, -0.15) is 4.31 Å². The molecule has 3 aromatic rings. The van der Waals surface area contributed by atoms with Crippen LogP contribution < -0.4 is 9.46 Å². The highest BCUT2D eigenvalue weighted by Gasteiger charge is 2.37. The molecule has 0 spiro atoms. The summed E-state index contributed by atoms with van der Waals surface area (Å²) in [5.74, 6) is -0.884. The summed E-state index contributed by atoms with van der Waals surface area (Å²) in [6, 6.07) is 11.7. The number of rotatable bonds is 9. The van der Waals surface area contributed by atoms with Crippen LogP contribution in [0.4, 0.5) is 5.69 Å². The number of carbonyl (C=O) groups excluding carboxylic acids is 1. The standard InChI is InChI=1S/C26H33N5O7S2/c1-18-13-31(19(2)16-32)26(33)21-11-8-12-22(28-39(34,35)20-9-6-5-7-10-20)25(21)38-23(18)14-30(4)40(36,37)24-15-29(3)17-27-24/h5-12,15,17-19,23,28,32H,13-14,16H2,1-4H3/t18-,19+,23+/m1/s1. The van der Waals surface area contributed by atoms with Crippen LogP contribution in [0.15, 0.2) is 71.0 Å². The smallest absolute Gasteiger partial charge is 0.262 e. The lowest BCUT2D eigenvalue weighted by Crippen LogP contribution is -2.50. The highest BCUT2D eigenvalue weighted by atomic mass is 32.2. The lowest BCUT2D eigenvalue weighted by Gasteiger charge is -2.38. The molecule has 0 saturated heterocycles. The SMILES string of the molecule is C[C@@H]1CN([C@@H](C)CO)C(=O)c2cccc(NS(=O)(=O)c3ccccc3)c2O[C@H]1CN(C)S(=O)(=O)c1cn(C)cn1. The first kappa shape index (κ1) is 29.5. The minimum Gasteiger partial charge on any atom is -0.486 e. The van der Waals surface area contributed by atoms with Gasteiger partial charge in [-0.05, 0) is 31.2 Å². The molecular formula is C26H33N5O7S2. The molecule has 216 valence electrons. The Morgan fingerprint density at radius 3 is 2.48 bits per heavy atom. The number of ether oxygens (including phenoxy) is 1. The molecule has 0 unspecified atom stereocenters. The molecule has 1 amide bonds. The van der Waals surface area contributed by atoms with Crippen LogP contribution in [-0.2, 0) is 27.1 Å². The molecule has 2 aromatic carbocycles. The average Bonchev–Trinajstić information content (AvgIpc) is 3.38. The number of hydrogen-bond donors (Lipinski definition) is 2. The van der Waals surface area contributed by atoms with Gasteiger partial charge in [-0.25, -0.2) is 21.8 Å². The number of aryl methyl sites for hydroxylation is 1. The maximum atomic E-state index is 13.6. The van der Waals surface area contributed by atoms with Crippen LogP contribution in [0.5, 0.6) is 5.75 Å². The summed E-state index contributed by atoms with van der Waals surface area (Å²) in [6.45, 7) is 3.25. The van der Waals surface area contributed by atoms with Crippen LogP contribution in [0.25, 0.3) is 0 Å². The Hall–Kier alpha value is -3.46. The normalized spacial score (nSPS) is 18.9. The number of nitrogens with one attached hydrogen (secondary N) is 1. The van der Waals surface area contributed by atoms with Gasteiger partial charge >= 0.3 is 0 Å². The maximum absolute atomic E-state index is 13.6. The Morgan fingerprint density at radius 2 is 1.85 bits per heavy atom. The van der Waals surface area contributed by atoms with Gasteiger partial charge in [0, 0.05) is 32.8 Å². The number of amides is 1. The Balaban J connectivity index is 1.76. The lowest BCUT2D eigenvalue weighted by atomic mass is 9.99. The van der Waals surface area contributed by atoms with Crippen molar-refractivity contribution in [2.75, 3.05) is 31.5 Å². The summed E-state index contributed by atoms with van der Waals surface area (Å²) in [5.41, 5.74) is 0.112. The minimum absolute atomic E-state index is 0.0198. The fourth-order valence-corrected chi connectivity index (χ4v) is 6.60. The largest absolute Gasteiger partial charge is 0.486 e. The fraction of sp³-hybridized carbons (Fsp3) is 0.385. The number of nitrogens with zero attached hydrogens (tertiary/aromatic N) is 4. The van der Waals surface area contributed by atoms with Crippen molar-refractivity contribution in [3.63, 3.8) is 0 Å².